The average molecular weight is 210 g/mol. The van der Waals surface area contributed by atoms with Crippen LogP contribution in [0, 0.1) is 11.8 Å². The number of carbonyl (C=O) groups excluding carboxylic acids is 1. The molecule has 1 amide bonds. The molecule has 1 aliphatic carbocycles. The molecule has 3 nitrogen and oxygen atoms in total. The predicted molar refractivity (Wildman–Crippen MR) is 43.8 cm³/mol. The van der Waals surface area contributed by atoms with Crippen LogP contribution in [-0.4, -0.2) is 12.1 Å². The van der Waals surface area contributed by atoms with Gasteiger partial charge in [-0.3, -0.25) is 10.2 Å². The Balaban J connectivity index is 2.56. The first-order valence-corrected chi connectivity index (χ1v) is 4.52. The summed E-state index contributed by atoms with van der Waals surface area (Å²) in [5.41, 5.74) is 1.90. The number of rotatable bonds is 1. The Morgan fingerprint density at radius 2 is 2.00 bits per heavy atom. The standard InChI is InChI=1S/C8H13F3N2O/c9-8(10,11)6-3-1-2-5(4-6)7(14)13-12/h5-6H,1-4,12H2,(H,13,14)/t5-,6-/m1/s1. The molecule has 1 fully saturated rings. The molecule has 1 aliphatic rings. The van der Waals surface area contributed by atoms with Crippen LogP contribution in [0.3, 0.4) is 0 Å². The fourth-order valence-corrected chi connectivity index (χ4v) is 1.84. The molecular formula is C8H13F3N2O. The number of nitrogens with two attached hydrogens (primary N) is 1. The van der Waals surface area contributed by atoms with Crippen LogP contribution in [0.4, 0.5) is 13.2 Å². The molecule has 2 atom stereocenters. The fourth-order valence-electron chi connectivity index (χ4n) is 1.84. The van der Waals surface area contributed by atoms with Crippen LogP contribution in [0.15, 0.2) is 0 Å². The van der Waals surface area contributed by atoms with Crippen molar-refractivity contribution in [1.82, 2.24) is 5.43 Å². The van der Waals surface area contributed by atoms with Crippen molar-refractivity contribution < 1.29 is 18.0 Å². The van der Waals surface area contributed by atoms with Crippen molar-refractivity contribution in [2.24, 2.45) is 17.7 Å². The number of carbonyl (C=O) groups is 1. The Morgan fingerprint density at radius 3 is 2.50 bits per heavy atom. The Labute approximate surface area is 79.8 Å². The minimum Gasteiger partial charge on any atom is -0.294 e. The van der Waals surface area contributed by atoms with Crippen LogP contribution >= 0.6 is 0 Å². The van der Waals surface area contributed by atoms with Gasteiger partial charge in [-0.1, -0.05) is 6.42 Å². The van der Waals surface area contributed by atoms with Crippen LogP contribution in [0.1, 0.15) is 25.7 Å². The lowest BCUT2D eigenvalue weighted by molar-refractivity contribution is -0.186. The summed E-state index contributed by atoms with van der Waals surface area (Å²) in [6.07, 6.45) is -3.27. The molecule has 0 aromatic rings. The Morgan fingerprint density at radius 1 is 1.36 bits per heavy atom. The third kappa shape index (κ3) is 2.60. The third-order valence-corrected chi connectivity index (χ3v) is 2.65. The van der Waals surface area contributed by atoms with E-state index in [1.165, 1.54) is 0 Å². The summed E-state index contributed by atoms with van der Waals surface area (Å²) in [5, 5.41) is 0. The number of nitrogens with one attached hydrogen (secondary N) is 1. The molecule has 0 aromatic heterocycles. The van der Waals surface area contributed by atoms with E-state index < -0.39 is 23.9 Å². The van der Waals surface area contributed by atoms with Crippen LogP contribution in [0.25, 0.3) is 0 Å². The largest absolute Gasteiger partial charge is 0.391 e. The van der Waals surface area contributed by atoms with Gasteiger partial charge >= 0.3 is 6.18 Å². The molecule has 0 bridgehead atoms. The third-order valence-electron chi connectivity index (χ3n) is 2.65. The second kappa shape index (κ2) is 4.16. The maximum absolute atomic E-state index is 12.3. The lowest BCUT2D eigenvalue weighted by atomic mass is 9.81. The summed E-state index contributed by atoms with van der Waals surface area (Å²) in [6, 6.07) is 0. The molecule has 0 saturated heterocycles. The number of hydrogen-bond acceptors (Lipinski definition) is 2. The maximum atomic E-state index is 12.3. The first-order chi connectivity index (χ1) is 6.45. The van der Waals surface area contributed by atoms with Crippen LogP contribution in [0.2, 0.25) is 0 Å². The van der Waals surface area contributed by atoms with E-state index in [0.29, 0.717) is 12.8 Å². The summed E-state index contributed by atoms with van der Waals surface area (Å²) >= 11 is 0. The molecule has 14 heavy (non-hydrogen) atoms. The minimum absolute atomic E-state index is 0.123. The summed E-state index contributed by atoms with van der Waals surface area (Å²) in [4.78, 5) is 11.0. The van der Waals surface area contributed by atoms with E-state index in [2.05, 4.69) is 0 Å². The van der Waals surface area contributed by atoms with E-state index >= 15 is 0 Å². The van der Waals surface area contributed by atoms with Crippen molar-refractivity contribution >= 4 is 5.91 Å². The van der Waals surface area contributed by atoms with E-state index in [0.717, 1.165) is 0 Å². The van der Waals surface area contributed by atoms with Crippen LogP contribution in [0.5, 0.6) is 0 Å². The highest BCUT2D eigenvalue weighted by Gasteiger charge is 2.43. The summed E-state index contributed by atoms with van der Waals surface area (Å²) in [6.45, 7) is 0. The van der Waals surface area contributed by atoms with Gasteiger partial charge in [0.15, 0.2) is 0 Å². The molecule has 0 spiro atoms. The molecule has 0 aliphatic heterocycles. The number of halogens is 3. The Bertz CT molecular complexity index is 217. The monoisotopic (exact) mass is 210 g/mol. The lowest BCUT2D eigenvalue weighted by Gasteiger charge is -2.29. The van der Waals surface area contributed by atoms with Gasteiger partial charge in [-0.15, -0.1) is 0 Å². The average Bonchev–Trinajstić information content (AvgIpc) is 2.15. The van der Waals surface area contributed by atoms with Crippen molar-refractivity contribution in [2.75, 3.05) is 0 Å². The molecule has 82 valence electrons. The number of alkyl halides is 3. The van der Waals surface area contributed by atoms with Crippen LogP contribution < -0.4 is 11.3 Å². The van der Waals surface area contributed by atoms with Crippen molar-refractivity contribution in [1.29, 1.82) is 0 Å². The molecule has 3 N–H and O–H groups in total. The molecule has 1 rings (SSSR count). The number of hydrazine groups is 1. The number of amides is 1. The van der Waals surface area contributed by atoms with Gasteiger partial charge in [-0.05, 0) is 19.3 Å². The Hall–Kier alpha value is -0.780. The number of hydrogen-bond donors (Lipinski definition) is 2. The highest BCUT2D eigenvalue weighted by Crippen LogP contribution is 2.39. The second-order valence-corrected chi connectivity index (χ2v) is 3.61. The highest BCUT2D eigenvalue weighted by atomic mass is 19.4. The molecule has 0 radical (unpaired) electrons. The SMILES string of the molecule is NNC(=O)[C@@H]1CCC[C@@H](C(F)(F)F)C1. The molecular weight excluding hydrogens is 197 g/mol. The predicted octanol–water partition coefficient (Wildman–Crippen LogP) is 1.34. The first-order valence-electron chi connectivity index (χ1n) is 4.52. The summed E-state index contributed by atoms with van der Waals surface area (Å²) in [7, 11) is 0. The normalized spacial score (nSPS) is 28.6. The molecule has 0 unspecified atom stereocenters. The van der Waals surface area contributed by atoms with Gasteiger partial charge in [0, 0.05) is 5.92 Å². The summed E-state index contributed by atoms with van der Waals surface area (Å²) in [5.74, 6) is 2.46. The topological polar surface area (TPSA) is 55.1 Å². The summed E-state index contributed by atoms with van der Waals surface area (Å²) < 4.78 is 37.0. The van der Waals surface area contributed by atoms with E-state index in [1.54, 1.807) is 0 Å². The first kappa shape index (κ1) is 11.3. The zero-order valence-corrected chi connectivity index (χ0v) is 7.60. The lowest BCUT2D eigenvalue weighted by Crippen LogP contribution is -2.40. The van der Waals surface area contributed by atoms with E-state index in [-0.39, 0.29) is 12.8 Å². The molecule has 0 aromatic carbocycles. The zero-order valence-electron chi connectivity index (χ0n) is 7.60. The minimum atomic E-state index is -4.19. The van der Waals surface area contributed by atoms with Crippen molar-refractivity contribution in [3.63, 3.8) is 0 Å². The van der Waals surface area contributed by atoms with Gasteiger partial charge in [0.1, 0.15) is 0 Å². The van der Waals surface area contributed by atoms with E-state index in [1.807, 2.05) is 5.43 Å². The quantitative estimate of drug-likeness (QED) is 0.390. The molecule has 6 heteroatoms. The van der Waals surface area contributed by atoms with Gasteiger partial charge in [0.2, 0.25) is 5.91 Å². The van der Waals surface area contributed by atoms with Crippen LogP contribution in [-0.2, 0) is 4.79 Å². The van der Waals surface area contributed by atoms with Gasteiger partial charge in [0.25, 0.3) is 0 Å². The van der Waals surface area contributed by atoms with Crippen molar-refractivity contribution in [3.05, 3.63) is 0 Å². The van der Waals surface area contributed by atoms with Crippen molar-refractivity contribution in [2.45, 2.75) is 31.9 Å². The van der Waals surface area contributed by atoms with E-state index in [4.69, 9.17) is 5.84 Å². The second-order valence-electron chi connectivity index (χ2n) is 3.61. The van der Waals surface area contributed by atoms with Gasteiger partial charge in [-0.25, -0.2) is 5.84 Å². The fraction of sp³-hybridized carbons (Fsp3) is 0.875. The van der Waals surface area contributed by atoms with Crippen molar-refractivity contribution in [3.8, 4) is 0 Å². The van der Waals surface area contributed by atoms with Gasteiger partial charge in [0.05, 0.1) is 5.92 Å². The highest BCUT2D eigenvalue weighted by molar-refractivity contribution is 5.78. The molecule has 0 heterocycles. The van der Waals surface area contributed by atoms with Gasteiger partial charge in [-0.2, -0.15) is 13.2 Å². The maximum Gasteiger partial charge on any atom is 0.391 e. The van der Waals surface area contributed by atoms with Gasteiger partial charge < -0.3 is 0 Å². The Kier molecular flexibility index (Phi) is 3.36. The smallest absolute Gasteiger partial charge is 0.294 e. The van der Waals surface area contributed by atoms with E-state index in [9.17, 15) is 18.0 Å². The zero-order chi connectivity index (χ0) is 10.8. The molecule has 1 saturated carbocycles.